The lowest BCUT2D eigenvalue weighted by molar-refractivity contribution is -0.165. The maximum absolute atomic E-state index is 14.3. The molecule has 4 N–H and O–H groups in total. The maximum Gasteiger partial charge on any atom is 0.253 e. The number of hydrogen-bond acceptors (Lipinski definition) is 15. The number of aliphatic hydroxyl groups excluding tert-OH is 1. The van der Waals surface area contributed by atoms with E-state index in [0.717, 1.165) is 99.4 Å². The number of nitriles is 1. The Bertz CT molecular complexity index is 2720. The van der Waals surface area contributed by atoms with Crippen molar-refractivity contribution in [3.8, 4) is 22.4 Å². The first-order valence-electron chi connectivity index (χ1n) is 26.9. The van der Waals surface area contributed by atoms with Crippen molar-refractivity contribution in [1.29, 1.82) is 5.26 Å². The summed E-state index contributed by atoms with van der Waals surface area (Å²) in [4.78, 5) is 80.6. The van der Waals surface area contributed by atoms with E-state index in [1.807, 2.05) is 76.5 Å². The lowest BCUT2D eigenvalue weighted by Gasteiger charge is -2.62. The molecule has 76 heavy (non-hydrogen) atoms. The van der Waals surface area contributed by atoms with Crippen LogP contribution in [0.15, 0.2) is 60.2 Å². The van der Waals surface area contributed by atoms with Gasteiger partial charge in [0.1, 0.15) is 30.1 Å². The maximum atomic E-state index is 14.3. The molecule has 3 aliphatic heterocycles. The monoisotopic (exact) mass is 1060 g/mol. The summed E-state index contributed by atoms with van der Waals surface area (Å²) in [5, 5.41) is 29.4. The molecule has 4 aliphatic rings. The van der Waals surface area contributed by atoms with Crippen LogP contribution in [0.3, 0.4) is 0 Å². The Kier molecular flexibility index (Phi) is 17.2. The summed E-state index contributed by atoms with van der Waals surface area (Å²) >= 11 is 1.59. The number of benzene rings is 1. The largest absolute Gasteiger partial charge is 0.473 e. The number of amides is 4. The average molecular weight is 1060 g/mol. The van der Waals surface area contributed by atoms with Crippen molar-refractivity contribution in [2.75, 3.05) is 83.4 Å². The van der Waals surface area contributed by atoms with Gasteiger partial charge in [-0.3, -0.25) is 29.0 Å². The minimum atomic E-state index is -0.889. The molecule has 4 atom stereocenters. The topological polar surface area (TPSA) is 212 Å². The highest BCUT2D eigenvalue weighted by Gasteiger charge is 2.64. The molecule has 2 unspecified atom stereocenters. The van der Waals surface area contributed by atoms with Crippen LogP contribution in [0.25, 0.3) is 10.4 Å². The summed E-state index contributed by atoms with van der Waals surface area (Å²) in [5.74, 6) is 0.212. The SMILES string of the molecule is Cc1nc(O[C@H]2C(C)(C)[C@H](NC(=O)c3ccc(N4CCN(CCCN5CCN(CC(=O)NC(C(=O)N6C[C@H](O)C[C@H]6C(=O)NC(C)c6ccc(-c7scnc7C)cc6)C(C)(C)C)CC5)CC4)nc3)C2(C)C)ccc1C#N. The van der Waals surface area contributed by atoms with Crippen LogP contribution in [-0.4, -0.2) is 172 Å². The van der Waals surface area contributed by atoms with Crippen molar-refractivity contribution in [2.24, 2.45) is 16.2 Å². The Morgan fingerprint density at radius 2 is 1.50 bits per heavy atom. The summed E-state index contributed by atoms with van der Waals surface area (Å²) in [7, 11) is 0. The van der Waals surface area contributed by atoms with E-state index >= 15 is 0 Å². The van der Waals surface area contributed by atoms with E-state index in [-0.39, 0.29) is 72.2 Å². The zero-order valence-electron chi connectivity index (χ0n) is 46.1. The van der Waals surface area contributed by atoms with Gasteiger partial charge in [0.25, 0.3) is 5.91 Å². The fourth-order valence-corrected chi connectivity index (χ4v) is 12.7. The van der Waals surface area contributed by atoms with Gasteiger partial charge >= 0.3 is 0 Å². The molecule has 4 fully saturated rings. The molecule has 4 aromatic rings. The quantitative estimate of drug-likeness (QED) is 0.107. The number of aromatic nitrogens is 3. The van der Waals surface area contributed by atoms with Gasteiger partial charge in [-0.15, -0.1) is 11.3 Å². The Balaban J connectivity index is 0.728. The van der Waals surface area contributed by atoms with Crippen LogP contribution in [0.1, 0.15) is 107 Å². The van der Waals surface area contributed by atoms with Crippen LogP contribution in [0.5, 0.6) is 5.88 Å². The van der Waals surface area contributed by atoms with Crippen LogP contribution in [0.2, 0.25) is 0 Å². The molecule has 3 aromatic heterocycles. The summed E-state index contributed by atoms with van der Waals surface area (Å²) in [5.41, 5.74) is 5.03. The number of piperazine rings is 2. The van der Waals surface area contributed by atoms with Gasteiger partial charge in [-0.05, 0) is 75.0 Å². The van der Waals surface area contributed by atoms with Crippen LogP contribution >= 0.6 is 11.3 Å². The standard InChI is InChI=1S/C57H78N12O6S/c1-36(39-12-14-40(15-13-39)48-38(3)60-35-76-48)62-51(73)44-30-43(70)33-69(44)52(74)49(55(4,5)6)63-46(71)34-67-24-22-65(23-25-67)20-11-21-66-26-28-68(29-27-66)45-18-16-42(32-59-45)50(72)64-53-56(7,8)54(57(53,9)10)75-47-19-17-41(31-58)37(2)61-47/h12-19,32,35-36,43-44,49,53-54,70H,11,20-30,33-34H2,1-10H3,(H,62,73)(H,63,71)(H,64,72)/t36?,43-,44+,49?,53-,54-/m1/s1. The minimum absolute atomic E-state index is 0.0181. The predicted molar refractivity (Wildman–Crippen MR) is 294 cm³/mol. The number of likely N-dealkylation sites (tertiary alicyclic amines) is 1. The molecule has 0 bridgehead atoms. The first-order chi connectivity index (χ1) is 36.0. The van der Waals surface area contributed by atoms with Gasteiger partial charge < -0.3 is 40.5 Å². The van der Waals surface area contributed by atoms with E-state index < -0.39 is 23.6 Å². The van der Waals surface area contributed by atoms with Gasteiger partial charge in [-0.25, -0.2) is 15.0 Å². The van der Waals surface area contributed by atoms with Crippen LogP contribution in [0.4, 0.5) is 5.82 Å². The Morgan fingerprint density at radius 3 is 2.08 bits per heavy atom. The predicted octanol–water partition coefficient (Wildman–Crippen LogP) is 5.20. The number of aryl methyl sites for hydroxylation is 2. The van der Waals surface area contributed by atoms with Gasteiger partial charge in [0.05, 0.1) is 51.6 Å². The normalized spacial score (nSPS) is 22.7. The number of aliphatic hydroxyl groups is 1. The summed E-state index contributed by atoms with van der Waals surface area (Å²) < 4.78 is 6.36. The second-order valence-electron chi connectivity index (χ2n) is 23.5. The third kappa shape index (κ3) is 12.7. The zero-order chi connectivity index (χ0) is 54.7. The second kappa shape index (κ2) is 23.3. The molecule has 0 radical (unpaired) electrons. The van der Waals surface area contributed by atoms with Gasteiger partial charge in [-0.2, -0.15) is 5.26 Å². The van der Waals surface area contributed by atoms with Gasteiger partial charge in [0.15, 0.2) is 0 Å². The molecule has 1 aromatic carbocycles. The van der Waals surface area contributed by atoms with Crippen LogP contribution in [-0.2, 0) is 14.4 Å². The number of rotatable bonds is 17. The van der Waals surface area contributed by atoms with Gasteiger partial charge in [0, 0.05) is 94.5 Å². The minimum Gasteiger partial charge on any atom is -0.473 e. The van der Waals surface area contributed by atoms with E-state index in [1.54, 1.807) is 36.6 Å². The number of ether oxygens (including phenoxy) is 1. The number of nitrogens with zero attached hydrogens (tertiary/aromatic N) is 9. The number of pyridine rings is 2. The first kappa shape index (κ1) is 56.2. The fraction of sp³-hybridized carbons (Fsp3) is 0.579. The Morgan fingerprint density at radius 1 is 0.855 bits per heavy atom. The van der Waals surface area contributed by atoms with Crippen molar-refractivity contribution in [3.05, 3.63) is 88.3 Å². The van der Waals surface area contributed by atoms with E-state index in [9.17, 15) is 29.5 Å². The third-order valence-corrected chi connectivity index (χ3v) is 17.1. The molecule has 0 spiro atoms. The average Bonchev–Trinajstić information content (AvgIpc) is 4.01. The lowest BCUT2D eigenvalue weighted by atomic mass is 9.49. The number of carbonyl (C=O) groups is 4. The van der Waals surface area contributed by atoms with Crippen molar-refractivity contribution in [3.63, 3.8) is 0 Å². The van der Waals surface area contributed by atoms with Crippen molar-refractivity contribution >= 4 is 40.8 Å². The molecule has 1 saturated carbocycles. The zero-order valence-corrected chi connectivity index (χ0v) is 46.9. The molecule has 8 rings (SSSR count). The van der Waals surface area contributed by atoms with E-state index in [0.29, 0.717) is 22.7 Å². The van der Waals surface area contributed by atoms with Gasteiger partial charge in [0.2, 0.25) is 23.6 Å². The Labute approximate surface area is 452 Å². The smallest absolute Gasteiger partial charge is 0.253 e. The molecule has 408 valence electrons. The number of thiazole rings is 1. The Hall–Kier alpha value is -6.04. The number of nitrogens with one attached hydrogen (secondary N) is 3. The van der Waals surface area contributed by atoms with Crippen LogP contribution < -0.4 is 25.6 Å². The highest BCUT2D eigenvalue weighted by molar-refractivity contribution is 7.13. The van der Waals surface area contributed by atoms with E-state index in [1.165, 1.54) is 4.90 Å². The number of anilines is 1. The summed E-state index contributed by atoms with van der Waals surface area (Å²) in [6.45, 7) is 28.6. The molecular formula is C57H78N12O6S. The lowest BCUT2D eigenvalue weighted by Crippen LogP contribution is -2.74. The summed E-state index contributed by atoms with van der Waals surface area (Å²) in [6, 6.07) is 15.2. The fourth-order valence-electron chi connectivity index (χ4n) is 11.9. The molecular weight excluding hydrogens is 981 g/mol. The summed E-state index contributed by atoms with van der Waals surface area (Å²) in [6.07, 6.45) is 1.77. The van der Waals surface area contributed by atoms with Crippen molar-refractivity contribution in [2.45, 2.75) is 118 Å². The number of carbonyl (C=O) groups excluding carboxylic acids is 4. The third-order valence-electron chi connectivity index (χ3n) is 16.1. The van der Waals surface area contributed by atoms with E-state index in [2.05, 4.69) is 79.3 Å². The number of hydrogen-bond donors (Lipinski definition) is 4. The molecule has 4 amide bonds. The molecule has 19 heteroatoms. The highest BCUT2D eigenvalue weighted by Crippen LogP contribution is 2.55. The first-order valence-corrected chi connectivity index (χ1v) is 27.7. The molecule has 1 aliphatic carbocycles. The second-order valence-corrected chi connectivity index (χ2v) is 24.4. The van der Waals surface area contributed by atoms with Crippen LogP contribution in [0, 0.1) is 41.4 Å². The molecule has 6 heterocycles. The van der Waals surface area contributed by atoms with Gasteiger partial charge in [-0.1, -0.05) is 72.7 Å². The highest BCUT2D eigenvalue weighted by atomic mass is 32.1. The molecule has 18 nitrogen and oxygen atoms in total. The molecule has 3 saturated heterocycles. The number of β-amino-alcohol motifs (C(OH)–C–C–N with tert-alkyl or cyclic N) is 1. The van der Waals surface area contributed by atoms with E-state index in [4.69, 9.17) is 9.72 Å². The van der Waals surface area contributed by atoms with Crippen molar-refractivity contribution < 1.29 is 29.0 Å². The van der Waals surface area contributed by atoms with Crippen molar-refractivity contribution in [1.82, 2.24) is 50.5 Å².